The lowest BCUT2D eigenvalue weighted by Gasteiger charge is -2.23. The number of rotatable bonds is 4. The summed E-state index contributed by atoms with van der Waals surface area (Å²) in [4.78, 5) is 0. The van der Waals surface area contributed by atoms with Crippen molar-refractivity contribution in [2.24, 2.45) is 10.9 Å². The Labute approximate surface area is 125 Å². The first-order chi connectivity index (χ1) is 9.95. The number of hydrogen-bond donors (Lipinski definition) is 3. The summed E-state index contributed by atoms with van der Waals surface area (Å²) in [5.74, 6) is -0.102. The zero-order valence-corrected chi connectivity index (χ0v) is 12.9. The number of nitrogens with one attached hydrogen (secondary N) is 1. The minimum Gasteiger partial charge on any atom is -0.409 e. The molecule has 1 aromatic carbocycles. The number of hydrogen-bond acceptors (Lipinski definition) is 4. The molecule has 1 aromatic rings. The molecule has 0 heterocycles. The number of benzene rings is 1. The van der Waals surface area contributed by atoms with E-state index in [9.17, 15) is 8.42 Å². The Balaban J connectivity index is 2.33. The molecule has 0 aliphatic heterocycles. The molecule has 116 valence electrons. The number of amidine groups is 1. The van der Waals surface area contributed by atoms with Crippen molar-refractivity contribution in [1.82, 2.24) is 0 Å². The molecule has 1 saturated carbocycles. The summed E-state index contributed by atoms with van der Waals surface area (Å²) >= 11 is 0. The highest BCUT2D eigenvalue weighted by Gasteiger charge is 2.28. The van der Waals surface area contributed by atoms with E-state index < -0.39 is 10.0 Å². The second-order valence-electron chi connectivity index (χ2n) is 5.39. The fraction of sp³-hybridized carbons (Fsp3) is 0.500. The van der Waals surface area contributed by atoms with Gasteiger partial charge in [-0.15, -0.1) is 0 Å². The van der Waals surface area contributed by atoms with Gasteiger partial charge < -0.3 is 10.9 Å². The predicted octanol–water partition coefficient (Wildman–Crippen LogP) is 2.16. The van der Waals surface area contributed by atoms with E-state index in [1.54, 1.807) is 25.1 Å². The largest absolute Gasteiger partial charge is 0.409 e. The van der Waals surface area contributed by atoms with Gasteiger partial charge in [0.15, 0.2) is 5.84 Å². The lowest BCUT2D eigenvalue weighted by molar-refractivity contribution is 0.318. The molecule has 6 nitrogen and oxygen atoms in total. The van der Waals surface area contributed by atoms with Crippen LogP contribution in [-0.4, -0.2) is 24.7 Å². The van der Waals surface area contributed by atoms with Crippen LogP contribution >= 0.6 is 0 Å². The molecule has 1 aliphatic rings. The normalized spacial score (nSPS) is 17.7. The van der Waals surface area contributed by atoms with Crippen LogP contribution in [0.3, 0.4) is 0 Å². The molecular weight excluding hydrogens is 290 g/mol. The van der Waals surface area contributed by atoms with Gasteiger partial charge in [-0.05, 0) is 31.4 Å². The van der Waals surface area contributed by atoms with Gasteiger partial charge in [-0.1, -0.05) is 36.6 Å². The Morgan fingerprint density at radius 3 is 2.62 bits per heavy atom. The van der Waals surface area contributed by atoms with Crippen LogP contribution in [0.2, 0.25) is 0 Å². The molecule has 0 amide bonds. The summed E-state index contributed by atoms with van der Waals surface area (Å²) in [7, 11) is -3.46. The lowest BCUT2D eigenvalue weighted by atomic mass is 10.0. The fourth-order valence-electron chi connectivity index (χ4n) is 2.75. The van der Waals surface area contributed by atoms with E-state index in [-0.39, 0.29) is 11.1 Å². The van der Waals surface area contributed by atoms with Crippen molar-refractivity contribution in [3.05, 3.63) is 29.3 Å². The van der Waals surface area contributed by atoms with E-state index in [4.69, 9.17) is 10.9 Å². The average Bonchev–Trinajstić information content (AvgIpc) is 2.47. The van der Waals surface area contributed by atoms with Crippen molar-refractivity contribution in [3.8, 4) is 0 Å². The van der Waals surface area contributed by atoms with Gasteiger partial charge in [0.2, 0.25) is 10.0 Å². The maximum absolute atomic E-state index is 12.5. The summed E-state index contributed by atoms with van der Waals surface area (Å²) in [6.07, 6.45) is 4.32. The average molecular weight is 311 g/mol. The van der Waals surface area contributed by atoms with Gasteiger partial charge in [-0.2, -0.15) is 0 Å². The number of anilines is 1. The highest BCUT2D eigenvalue weighted by molar-refractivity contribution is 7.93. The predicted molar refractivity (Wildman–Crippen MR) is 83.1 cm³/mol. The van der Waals surface area contributed by atoms with Gasteiger partial charge in [0, 0.05) is 5.56 Å². The van der Waals surface area contributed by atoms with Gasteiger partial charge in [0.25, 0.3) is 0 Å². The number of aryl methyl sites for hydroxylation is 1. The van der Waals surface area contributed by atoms with E-state index >= 15 is 0 Å². The van der Waals surface area contributed by atoms with E-state index in [1.165, 1.54) is 0 Å². The molecule has 21 heavy (non-hydrogen) atoms. The fourth-order valence-corrected chi connectivity index (χ4v) is 4.35. The van der Waals surface area contributed by atoms with Crippen molar-refractivity contribution in [3.63, 3.8) is 0 Å². The lowest BCUT2D eigenvalue weighted by Crippen LogP contribution is -2.31. The molecule has 0 unspecified atom stereocenters. The van der Waals surface area contributed by atoms with Gasteiger partial charge in [-0.25, -0.2) is 8.42 Å². The Morgan fingerprint density at radius 2 is 2.00 bits per heavy atom. The van der Waals surface area contributed by atoms with Gasteiger partial charge >= 0.3 is 0 Å². The molecule has 1 fully saturated rings. The minimum absolute atomic E-state index is 0.102. The molecule has 0 spiro atoms. The summed E-state index contributed by atoms with van der Waals surface area (Å²) in [6, 6.07) is 5.15. The van der Waals surface area contributed by atoms with Crippen LogP contribution in [0.25, 0.3) is 0 Å². The molecule has 7 heteroatoms. The van der Waals surface area contributed by atoms with Crippen molar-refractivity contribution >= 4 is 21.5 Å². The number of oxime groups is 1. The number of nitrogens with two attached hydrogens (primary N) is 1. The minimum atomic E-state index is -3.46. The Bertz CT molecular complexity index is 635. The first-order valence-electron chi connectivity index (χ1n) is 7.05. The Hall–Kier alpha value is -1.76. The summed E-state index contributed by atoms with van der Waals surface area (Å²) in [5, 5.41) is 11.5. The third kappa shape index (κ3) is 3.47. The quantitative estimate of drug-likeness (QED) is 0.343. The first kappa shape index (κ1) is 15.6. The van der Waals surface area contributed by atoms with Crippen molar-refractivity contribution < 1.29 is 13.6 Å². The smallest absolute Gasteiger partial charge is 0.235 e. The van der Waals surface area contributed by atoms with E-state index in [2.05, 4.69) is 9.88 Å². The summed E-state index contributed by atoms with van der Waals surface area (Å²) in [5.41, 5.74) is 7.18. The SMILES string of the molecule is Cc1cccc(NS(=O)(=O)C2CCCCC2)c1/C(N)=N/O. The van der Waals surface area contributed by atoms with Crippen LogP contribution < -0.4 is 10.5 Å². The molecule has 0 radical (unpaired) electrons. The topological polar surface area (TPSA) is 105 Å². The maximum atomic E-state index is 12.5. The van der Waals surface area contributed by atoms with Crippen LogP contribution in [0.15, 0.2) is 23.4 Å². The molecule has 0 aromatic heterocycles. The van der Waals surface area contributed by atoms with Crippen molar-refractivity contribution in [2.75, 3.05) is 4.72 Å². The standard InChI is InChI=1S/C14H21N3O3S/c1-10-6-5-9-12(13(10)14(15)16-18)17-21(19,20)11-7-3-2-4-8-11/h5-6,9,11,17-18H,2-4,7-8H2,1H3,(H2,15,16). The zero-order chi connectivity index (χ0) is 15.5. The van der Waals surface area contributed by atoms with E-state index in [0.29, 0.717) is 24.1 Å². The second kappa shape index (κ2) is 6.34. The van der Waals surface area contributed by atoms with Crippen LogP contribution in [0.4, 0.5) is 5.69 Å². The second-order valence-corrected chi connectivity index (χ2v) is 7.35. The molecular formula is C14H21N3O3S. The molecule has 2 rings (SSSR count). The Kier molecular flexibility index (Phi) is 4.72. The third-order valence-corrected chi connectivity index (χ3v) is 5.73. The Morgan fingerprint density at radius 1 is 1.33 bits per heavy atom. The monoisotopic (exact) mass is 311 g/mol. The van der Waals surface area contributed by atoms with Gasteiger partial charge in [0.1, 0.15) is 0 Å². The van der Waals surface area contributed by atoms with Crippen molar-refractivity contribution in [2.45, 2.75) is 44.3 Å². The van der Waals surface area contributed by atoms with Crippen LogP contribution in [0, 0.1) is 6.92 Å². The molecule has 0 atom stereocenters. The van der Waals surface area contributed by atoms with E-state index in [0.717, 1.165) is 24.8 Å². The van der Waals surface area contributed by atoms with Crippen LogP contribution in [0.5, 0.6) is 0 Å². The van der Waals surface area contributed by atoms with Crippen molar-refractivity contribution in [1.29, 1.82) is 0 Å². The third-order valence-electron chi connectivity index (χ3n) is 3.88. The molecule has 0 saturated heterocycles. The van der Waals surface area contributed by atoms with E-state index in [1.807, 2.05) is 0 Å². The molecule has 0 bridgehead atoms. The highest BCUT2D eigenvalue weighted by atomic mass is 32.2. The van der Waals surface area contributed by atoms with Crippen LogP contribution in [0.1, 0.15) is 43.2 Å². The maximum Gasteiger partial charge on any atom is 0.235 e. The molecule has 4 N–H and O–H groups in total. The first-order valence-corrected chi connectivity index (χ1v) is 8.59. The highest BCUT2D eigenvalue weighted by Crippen LogP contribution is 2.27. The summed E-state index contributed by atoms with van der Waals surface area (Å²) in [6.45, 7) is 1.78. The van der Waals surface area contributed by atoms with Gasteiger partial charge in [0.05, 0.1) is 10.9 Å². The van der Waals surface area contributed by atoms with Gasteiger partial charge in [-0.3, -0.25) is 4.72 Å². The molecule has 1 aliphatic carbocycles. The number of sulfonamides is 1. The summed E-state index contributed by atoms with van der Waals surface area (Å²) < 4.78 is 27.6. The zero-order valence-electron chi connectivity index (χ0n) is 12.0. The number of nitrogens with zero attached hydrogens (tertiary/aromatic N) is 1. The van der Waals surface area contributed by atoms with Crippen LogP contribution in [-0.2, 0) is 10.0 Å².